The summed E-state index contributed by atoms with van der Waals surface area (Å²) in [5.41, 5.74) is 1.23. The van der Waals surface area contributed by atoms with E-state index in [1.54, 1.807) is 0 Å². The van der Waals surface area contributed by atoms with Crippen molar-refractivity contribution in [1.29, 1.82) is 0 Å². The van der Waals surface area contributed by atoms with Gasteiger partial charge in [-0.2, -0.15) is 0 Å². The molecular weight excluding hydrogens is 376 g/mol. The van der Waals surface area contributed by atoms with E-state index in [-0.39, 0.29) is 12.4 Å². The number of rotatable bonds is 16. The smallest absolute Gasteiger partial charge is 0.309 e. The lowest BCUT2D eigenvalue weighted by atomic mass is 9.91. The SMILES string of the molecule is CCCCCCCCCC[C@H](C(=O)O)[C@@H](CCc1ccccc1)OC1CCCCO1. The van der Waals surface area contributed by atoms with Gasteiger partial charge >= 0.3 is 5.97 Å². The molecule has 2 rings (SSSR count). The number of aryl methyl sites for hydroxylation is 1. The molecule has 0 amide bonds. The monoisotopic (exact) mass is 418 g/mol. The van der Waals surface area contributed by atoms with Gasteiger partial charge < -0.3 is 14.6 Å². The third-order valence-corrected chi connectivity index (χ3v) is 6.16. The van der Waals surface area contributed by atoms with Gasteiger partial charge in [0, 0.05) is 6.61 Å². The van der Waals surface area contributed by atoms with Crippen LogP contribution in [0.2, 0.25) is 0 Å². The highest BCUT2D eigenvalue weighted by atomic mass is 16.7. The number of benzene rings is 1. The number of ether oxygens (including phenoxy) is 2. The lowest BCUT2D eigenvalue weighted by molar-refractivity contribution is -0.204. The standard InChI is InChI=1S/C26H42O4/c1-2-3-4-5-6-7-8-12-17-23(26(27)28)24(30-25-18-13-14-21-29-25)20-19-22-15-10-9-11-16-22/h9-11,15-16,23-25H,2-8,12-14,17-21H2,1H3,(H,27,28)/t23-,24+,25?/m0/s1. The maximum Gasteiger partial charge on any atom is 0.309 e. The van der Waals surface area contributed by atoms with Crippen LogP contribution in [0, 0.1) is 5.92 Å². The van der Waals surface area contributed by atoms with Crippen LogP contribution < -0.4 is 0 Å². The van der Waals surface area contributed by atoms with Gasteiger partial charge in [-0.1, -0.05) is 88.6 Å². The largest absolute Gasteiger partial charge is 0.481 e. The molecular formula is C26H42O4. The number of aliphatic carboxylic acids is 1. The molecule has 170 valence electrons. The lowest BCUT2D eigenvalue weighted by Gasteiger charge is -2.31. The van der Waals surface area contributed by atoms with Gasteiger partial charge in [-0.25, -0.2) is 0 Å². The van der Waals surface area contributed by atoms with E-state index in [0.717, 1.165) is 44.9 Å². The zero-order chi connectivity index (χ0) is 21.4. The van der Waals surface area contributed by atoms with E-state index in [1.807, 2.05) is 18.2 Å². The van der Waals surface area contributed by atoms with Crippen molar-refractivity contribution in [1.82, 2.24) is 0 Å². The Morgan fingerprint density at radius 1 is 1.03 bits per heavy atom. The minimum Gasteiger partial charge on any atom is -0.481 e. The van der Waals surface area contributed by atoms with E-state index < -0.39 is 11.9 Å². The van der Waals surface area contributed by atoms with Crippen molar-refractivity contribution in [3.8, 4) is 0 Å². The van der Waals surface area contributed by atoms with E-state index in [2.05, 4.69) is 19.1 Å². The van der Waals surface area contributed by atoms with E-state index in [1.165, 1.54) is 44.1 Å². The highest BCUT2D eigenvalue weighted by molar-refractivity contribution is 5.70. The van der Waals surface area contributed by atoms with Crippen LogP contribution in [0.3, 0.4) is 0 Å². The predicted octanol–water partition coefficient (Wildman–Crippen LogP) is 6.76. The molecule has 4 heteroatoms. The quantitative estimate of drug-likeness (QED) is 0.301. The molecule has 0 bridgehead atoms. The third kappa shape index (κ3) is 10.1. The first-order valence-corrected chi connectivity index (χ1v) is 12.2. The van der Waals surface area contributed by atoms with Crippen LogP contribution in [0.5, 0.6) is 0 Å². The first-order chi connectivity index (χ1) is 14.7. The summed E-state index contributed by atoms with van der Waals surface area (Å²) in [6, 6.07) is 10.3. The number of carboxylic acids is 1. The van der Waals surface area contributed by atoms with E-state index in [9.17, 15) is 9.90 Å². The molecule has 0 saturated carbocycles. The van der Waals surface area contributed by atoms with Crippen LogP contribution in [0.25, 0.3) is 0 Å². The summed E-state index contributed by atoms with van der Waals surface area (Å²) in [6.07, 6.45) is 14.5. The minimum absolute atomic E-state index is 0.250. The van der Waals surface area contributed by atoms with Crippen LogP contribution in [0.1, 0.15) is 96.0 Å². The van der Waals surface area contributed by atoms with Crippen molar-refractivity contribution in [2.24, 2.45) is 5.92 Å². The van der Waals surface area contributed by atoms with Crippen molar-refractivity contribution in [2.45, 2.75) is 109 Å². The Hall–Kier alpha value is -1.39. The molecule has 0 aliphatic carbocycles. The number of carbonyl (C=O) groups is 1. The zero-order valence-corrected chi connectivity index (χ0v) is 18.9. The number of hydrogen-bond acceptors (Lipinski definition) is 3. The lowest BCUT2D eigenvalue weighted by Crippen LogP contribution is -2.36. The molecule has 1 aromatic carbocycles. The number of unbranched alkanes of at least 4 members (excludes halogenated alkanes) is 7. The van der Waals surface area contributed by atoms with Gasteiger partial charge in [-0.05, 0) is 44.1 Å². The Bertz CT molecular complexity index is 553. The van der Waals surface area contributed by atoms with Crippen molar-refractivity contribution in [3.05, 3.63) is 35.9 Å². The summed E-state index contributed by atoms with van der Waals surface area (Å²) >= 11 is 0. The second kappa shape index (κ2) is 15.4. The Labute approximate surface area is 183 Å². The Morgan fingerprint density at radius 2 is 1.73 bits per heavy atom. The fourth-order valence-electron chi connectivity index (χ4n) is 4.30. The highest BCUT2D eigenvalue weighted by Crippen LogP contribution is 2.26. The van der Waals surface area contributed by atoms with Crippen LogP contribution in [-0.4, -0.2) is 30.1 Å². The minimum atomic E-state index is -0.730. The second-order valence-corrected chi connectivity index (χ2v) is 8.70. The molecule has 0 spiro atoms. The fourth-order valence-corrected chi connectivity index (χ4v) is 4.30. The van der Waals surface area contributed by atoms with E-state index in [4.69, 9.17) is 9.47 Å². The molecule has 1 N–H and O–H groups in total. The van der Waals surface area contributed by atoms with Crippen molar-refractivity contribution in [3.63, 3.8) is 0 Å². The average molecular weight is 419 g/mol. The Morgan fingerprint density at radius 3 is 2.37 bits per heavy atom. The van der Waals surface area contributed by atoms with Gasteiger partial charge in [0.2, 0.25) is 0 Å². The molecule has 1 aliphatic heterocycles. The molecule has 3 atom stereocenters. The van der Waals surface area contributed by atoms with Crippen LogP contribution in [0.15, 0.2) is 30.3 Å². The van der Waals surface area contributed by atoms with Gasteiger partial charge in [0.15, 0.2) is 6.29 Å². The first kappa shape index (κ1) is 24.9. The molecule has 1 fully saturated rings. The second-order valence-electron chi connectivity index (χ2n) is 8.70. The normalized spacial score (nSPS) is 18.8. The number of carboxylic acid groups (broad SMARTS) is 1. The summed E-state index contributed by atoms with van der Waals surface area (Å²) in [6.45, 7) is 2.95. The maximum atomic E-state index is 12.1. The van der Waals surface area contributed by atoms with Gasteiger partial charge in [0.05, 0.1) is 12.0 Å². The Balaban J connectivity index is 1.85. The summed E-state index contributed by atoms with van der Waals surface area (Å²) in [7, 11) is 0. The van der Waals surface area contributed by atoms with Crippen LogP contribution in [0.4, 0.5) is 0 Å². The molecule has 0 radical (unpaired) electrons. The van der Waals surface area contributed by atoms with Crippen molar-refractivity contribution >= 4 is 5.97 Å². The highest BCUT2D eigenvalue weighted by Gasteiger charge is 2.31. The van der Waals surface area contributed by atoms with Crippen molar-refractivity contribution in [2.75, 3.05) is 6.61 Å². The summed E-state index contributed by atoms with van der Waals surface area (Å²) in [5, 5.41) is 9.95. The summed E-state index contributed by atoms with van der Waals surface area (Å²) in [5.74, 6) is -1.19. The Kier molecular flexibility index (Phi) is 12.8. The van der Waals surface area contributed by atoms with E-state index in [0.29, 0.717) is 13.0 Å². The first-order valence-electron chi connectivity index (χ1n) is 12.2. The topological polar surface area (TPSA) is 55.8 Å². The molecule has 30 heavy (non-hydrogen) atoms. The van der Waals surface area contributed by atoms with E-state index >= 15 is 0 Å². The summed E-state index contributed by atoms with van der Waals surface area (Å²) < 4.78 is 12.0. The van der Waals surface area contributed by atoms with Crippen molar-refractivity contribution < 1.29 is 19.4 Å². The van der Waals surface area contributed by atoms with Gasteiger partial charge in [-0.3, -0.25) is 4.79 Å². The predicted molar refractivity (Wildman–Crippen MR) is 122 cm³/mol. The van der Waals surface area contributed by atoms with Gasteiger partial charge in [0.1, 0.15) is 0 Å². The molecule has 1 aliphatic rings. The third-order valence-electron chi connectivity index (χ3n) is 6.16. The molecule has 1 unspecified atom stereocenters. The summed E-state index contributed by atoms with van der Waals surface area (Å²) in [4.78, 5) is 12.1. The molecule has 4 nitrogen and oxygen atoms in total. The van der Waals surface area contributed by atoms with Gasteiger partial charge in [0.25, 0.3) is 0 Å². The molecule has 0 aromatic heterocycles. The van der Waals surface area contributed by atoms with Crippen LogP contribution >= 0.6 is 0 Å². The van der Waals surface area contributed by atoms with Crippen LogP contribution in [-0.2, 0) is 20.7 Å². The van der Waals surface area contributed by atoms with Gasteiger partial charge in [-0.15, -0.1) is 0 Å². The fraction of sp³-hybridized carbons (Fsp3) is 0.731. The number of hydrogen-bond donors (Lipinski definition) is 1. The molecule has 1 aromatic rings. The average Bonchev–Trinajstić information content (AvgIpc) is 2.77. The molecule has 1 saturated heterocycles. The zero-order valence-electron chi connectivity index (χ0n) is 18.9. The molecule has 1 heterocycles. The maximum absolute atomic E-state index is 12.1.